The third-order valence-electron chi connectivity index (χ3n) is 3.44. The van der Waals surface area contributed by atoms with Crippen LogP contribution in [0.2, 0.25) is 0 Å². The van der Waals surface area contributed by atoms with Crippen molar-refractivity contribution in [3.8, 4) is 0 Å². The van der Waals surface area contributed by atoms with E-state index in [4.69, 9.17) is 0 Å². The summed E-state index contributed by atoms with van der Waals surface area (Å²) in [5, 5.41) is 10.3. The van der Waals surface area contributed by atoms with Gasteiger partial charge in [0.1, 0.15) is 5.54 Å². The first kappa shape index (κ1) is 14.7. The quantitative estimate of drug-likeness (QED) is 0.870. The number of hydrogen-bond donors (Lipinski definition) is 2. The molecule has 1 fully saturated rings. The van der Waals surface area contributed by atoms with Gasteiger partial charge in [0.25, 0.3) is 0 Å². The van der Waals surface area contributed by atoms with Crippen molar-refractivity contribution >= 4 is 22.1 Å². The summed E-state index contributed by atoms with van der Waals surface area (Å²) in [6.45, 7) is 0. The SMILES string of the molecule is O=C(O)C1(NS(=O)(=O)C=Cc2ccccc2)CCCC1. The van der Waals surface area contributed by atoms with Gasteiger partial charge >= 0.3 is 5.97 Å². The van der Waals surface area contributed by atoms with E-state index in [0.29, 0.717) is 12.8 Å². The van der Waals surface area contributed by atoms with E-state index in [2.05, 4.69) is 4.72 Å². The van der Waals surface area contributed by atoms with E-state index in [1.165, 1.54) is 6.08 Å². The average molecular weight is 295 g/mol. The molecule has 0 aliphatic heterocycles. The van der Waals surface area contributed by atoms with E-state index < -0.39 is 21.5 Å². The summed E-state index contributed by atoms with van der Waals surface area (Å²) in [6, 6.07) is 8.98. The monoisotopic (exact) mass is 295 g/mol. The van der Waals surface area contributed by atoms with E-state index in [-0.39, 0.29) is 0 Å². The van der Waals surface area contributed by atoms with Gasteiger partial charge in [-0.3, -0.25) is 4.79 Å². The number of rotatable bonds is 5. The van der Waals surface area contributed by atoms with Crippen LogP contribution in [-0.4, -0.2) is 25.0 Å². The molecule has 1 aliphatic carbocycles. The van der Waals surface area contributed by atoms with Crippen molar-refractivity contribution in [3.63, 3.8) is 0 Å². The molecule has 0 radical (unpaired) electrons. The van der Waals surface area contributed by atoms with Gasteiger partial charge in [-0.25, -0.2) is 8.42 Å². The number of sulfonamides is 1. The second kappa shape index (κ2) is 5.76. The first-order valence-corrected chi connectivity index (χ1v) is 7.99. The Kier molecular flexibility index (Phi) is 4.25. The van der Waals surface area contributed by atoms with Gasteiger partial charge in [-0.1, -0.05) is 43.2 Å². The molecule has 2 N–H and O–H groups in total. The molecule has 5 nitrogen and oxygen atoms in total. The molecule has 1 saturated carbocycles. The van der Waals surface area contributed by atoms with Crippen molar-refractivity contribution in [3.05, 3.63) is 41.3 Å². The lowest BCUT2D eigenvalue weighted by atomic mass is 10.0. The lowest BCUT2D eigenvalue weighted by molar-refractivity contribution is -0.143. The van der Waals surface area contributed by atoms with Gasteiger partial charge in [0, 0.05) is 5.41 Å². The molecule has 0 amide bonds. The molecule has 0 spiro atoms. The first-order chi connectivity index (χ1) is 9.44. The van der Waals surface area contributed by atoms with Crippen molar-refractivity contribution in [1.82, 2.24) is 4.72 Å². The number of hydrogen-bond acceptors (Lipinski definition) is 3. The molecule has 0 atom stereocenters. The van der Waals surface area contributed by atoms with Crippen LogP contribution >= 0.6 is 0 Å². The number of aliphatic carboxylic acids is 1. The Morgan fingerprint density at radius 2 is 1.80 bits per heavy atom. The summed E-state index contributed by atoms with van der Waals surface area (Å²) in [5.41, 5.74) is -0.603. The minimum absolute atomic E-state index is 0.334. The van der Waals surface area contributed by atoms with Crippen LogP contribution in [0.25, 0.3) is 6.08 Å². The molecule has 0 saturated heterocycles. The van der Waals surface area contributed by atoms with Crippen LogP contribution in [0.1, 0.15) is 31.2 Å². The Hall–Kier alpha value is -1.66. The lowest BCUT2D eigenvalue weighted by Crippen LogP contribution is -2.51. The molecule has 6 heteroatoms. The molecule has 0 unspecified atom stereocenters. The summed E-state index contributed by atoms with van der Waals surface area (Å²) < 4.78 is 26.3. The van der Waals surface area contributed by atoms with Crippen molar-refractivity contribution in [2.24, 2.45) is 0 Å². The van der Waals surface area contributed by atoms with Gasteiger partial charge in [0.15, 0.2) is 0 Å². The van der Waals surface area contributed by atoms with Crippen molar-refractivity contribution in [2.75, 3.05) is 0 Å². The molecule has 2 rings (SSSR count). The molecular formula is C14H17NO4S. The highest BCUT2D eigenvalue weighted by Gasteiger charge is 2.43. The largest absolute Gasteiger partial charge is 0.480 e. The smallest absolute Gasteiger partial charge is 0.324 e. The van der Waals surface area contributed by atoms with Gasteiger partial charge < -0.3 is 5.11 Å². The predicted octanol–water partition coefficient (Wildman–Crippen LogP) is 1.97. The highest BCUT2D eigenvalue weighted by molar-refractivity contribution is 7.92. The molecule has 0 aromatic heterocycles. The van der Waals surface area contributed by atoms with Crippen LogP contribution in [0, 0.1) is 0 Å². The second-order valence-electron chi connectivity index (χ2n) is 4.95. The standard InChI is InChI=1S/C14H17NO4S/c16-13(17)14(9-4-5-10-14)15-20(18,19)11-8-12-6-2-1-3-7-12/h1-3,6-8,11,15H,4-5,9-10H2,(H,16,17). The fourth-order valence-corrected chi connectivity index (χ4v) is 3.62. The van der Waals surface area contributed by atoms with Gasteiger partial charge in [0.2, 0.25) is 10.0 Å². The Balaban J connectivity index is 2.15. The topological polar surface area (TPSA) is 83.5 Å². The zero-order chi connectivity index (χ0) is 14.6. The van der Waals surface area contributed by atoms with Crippen LogP contribution in [0.15, 0.2) is 35.7 Å². The average Bonchev–Trinajstić information content (AvgIpc) is 2.87. The van der Waals surface area contributed by atoms with E-state index >= 15 is 0 Å². The number of benzene rings is 1. The number of carboxylic acids is 1. The van der Waals surface area contributed by atoms with Crippen LogP contribution in [-0.2, 0) is 14.8 Å². The fourth-order valence-electron chi connectivity index (χ4n) is 2.38. The van der Waals surface area contributed by atoms with Crippen LogP contribution in [0.4, 0.5) is 0 Å². The van der Waals surface area contributed by atoms with Crippen molar-refractivity contribution in [1.29, 1.82) is 0 Å². The molecule has 1 aromatic carbocycles. The van der Waals surface area contributed by atoms with Gasteiger partial charge in [0.05, 0.1) is 0 Å². The van der Waals surface area contributed by atoms with E-state index in [9.17, 15) is 18.3 Å². The Labute approximate surface area is 118 Å². The third kappa shape index (κ3) is 3.46. The van der Waals surface area contributed by atoms with E-state index in [1.807, 2.05) is 6.07 Å². The Bertz CT molecular complexity index is 601. The summed E-state index contributed by atoms with van der Waals surface area (Å²) in [6.07, 6.45) is 3.56. The molecule has 0 heterocycles. The Morgan fingerprint density at radius 3 is 2.35 bits per heavy atom. The van der Waals surface area contributed by atoms with Crippen LogP contribution in [0.3, 0.4) is 0 Å². The zero-order valence-electron chi connectivity index (χ0n) is 11.0. The molecule has 0 bridgehead atoms. The van der Waals surface area contributed by atoms with Crippen molar-refractivity contribution in [2.45, 2.75) is 31.2 Å². The molecule has 1 aromatic rings. The fraction of sp³-hybridized carbons (Fsp3) is 0.357. The summed E-state index contributed by atoms with van der Waals surface area (Å²) in [4.78, 5) is 11.3. The Morgan fingerprint density at radius 1 is 1.20 bits per heavy atom. The summed E-state index contributed by atoms with van der Waals surface area (Å²) >= 11 is 0. The van der Waals surface area contributed by atoms with Gasteiger partial charge in [-0.2, -0.15) is 4.72 Å². The van der Waals surface area contributed by atoms with E-state index in [1.54, 1.807) is 24.3 Å². The minimum atomic E-state index is -3.78. The maximum absolute atomic E-state index is 12.0. The highest BCUT2D eigenvalue weighted by Crippen LogP contribution is 2.30. The molecule has 20 heavy (non-hydrogen) atoms. The maximum atomic E-state index is 12.0. The molecular weight excluding hydrogens is 278 g/mol. The normalized spacial score (nSPS) is 18.4. The summed E-state index contributed by atoms with van der Waals surface area (Å²) in [7, 11) is -3.78. The first-order valence-electron chi connectivity index (χ1n) is 6.44. The van der Waals surface area contributed by atoms with Gasteiger partial charge in [-0.05, 0) is 24.5 Å². The number of carbonyl (C=O) groups is 1. The van der Waals surface area contributed by atoms with Crippen LogP contribution in [0.5, 0.6) is 0 Å². The molecule has 1 aliphatic rings. The third-order valence-corrected chi connectivity index (χ3v) is 4.61. The van der Waals surface area contributed by atoms with Gasteiger partial charge in [-0.15, -0.1) is 0 Å². The van der Waals surface area contributed by atoms with Crippen LogP contribution < -0.4 is 4.72 Å². The number of nitrogens with one attached hydrogen (secondary N) is 1. The predicted molar refractivity (Wildman–Crippen MR) is 76.4 cm³/mol. The zero-order valence-corrected chi connectivity index (χ0v) is 11.8. The maximum Gasteiger partial charge on any atom is 0.324 e. The highest BCUT2D eigenvalue weighted by atomic mass is 32.2. The van der Waals surface area contributed by atoms with Crippen molar-refractivity contribution < 1.29 is 18.3 Å². The van der Waals surface area contributed by atoms with E-state index in [0.717, 1.165) is 23.8 Å². The lowest BCUT2D eigenvalue weighted by Gasteiger charge is -2.23. The second-order valence-corrected chi connectivity index (χ2v) is 6.52. The summed E-state index contributed by atoms with van der Waals surface area (Å²) in [5.74, 6) is -1.10. The minimum Gasteiger partial charge on any atom is -0.480 e. The number of carboxylic acid groups (broad SMARTS) is 1. The molecule has 108 valence electrons.